The lowest BCUT2D eigenvalue weighted by Crippen LogP contribution is -2.22. The molecule has 1 atom stereocenters. The third-order valence-electron chi connectivity index (χ3n) is 5.26. The monoisotopic (exact) mass is 428 g/mol. The van der Waals surface area contributed by atoms with E-state index < -0.39 is 5.41 Å². The lowest BCUT2D eigenvalue weighted by Gasteiger charge is -2.29. The fraction of sp³-hybridized carbons (Fsp3) is 0.240. The van der Waals surface area contributed by atoms with Crippen LogP contribution in [0.4, 0.5) is 0 Å². The van der Waals surface area contributed by atoms with Gasteiger partial charge in [0.05, 0.1) is 17.4 Å². The van der Waals surface area contributed by atoms with Crippen LogP contribution in [0.3, 0.4) is 0 Å². The second-order valence-electron chi connectivity index (χ2n) is 8.31. The van der Waals surface area contributed by atoms with E-state index in [4.69, 9.17) is 25.4 Å². The maximum absolute atomic E-state index is 9.25. The predicted molar refractivity (Wildman–Crippen MR) is 121 cm³/mol. The maximum Gasteiger partial charge on any atom is 0.279 e. The molecule has 0 spiro atoms. The minimum atomic E-state index is -0.602. The summed E-state index contributed by atoms with van der Waals surface area (Å²) < 4.78 is 17.5. The van der Waals surface area contributed by atoms with E-state index in [1.165, 1.54) is 0 Å². The molecule has 1 aliphatic rings. The predicted octanol–water partition coefficient (Wildman–Crippen LogP) is 4.82. The number of hydrogen-bond acceptors (Lipinski definition) is 6. The molecule has 0 unspecified atom stereocenters. The van der Waals surface area contributed by atoms with Gasteiger partial charge in [-0.2, -0.15) is 5.26 Å². The number of benzene rings is 2. The van der Waals surface area contributed by atoms with Crippen molar-refractivity contribution in [3.8, 4) is 34.4 Å². The van der Waals surface area contributed by atoms with Crippen molar-refractivity contribution in [1.82, 2.24) is 4.98 Å². The highest BCUT2D eigenvalue weighted by molar-refractivity contribution is 5.69. The molecule has 1 aliphatic heterocycles. The van der Waals surface area contributed by atoms with Gasteiger partial charge in [-0.1, -0.05) is 12.1 Å². The van der Waals surface area contributed by atoms with E-state index >= 15 is 0 Å². The van der Waals surface area contributed by atoms with Crippen LogP contribution in [0.25, 0.3) is 11.1 Å². The Bertz CT molecular complexity index is 1190. The number of nitrogens with zero attached hydrogens (tertiary/aromatic N) is 2. The topological polar surface area (TPSA) is 114 Å². The molecule has 4 rings (SSSR count). The van der Waals surface area contributed by atoms with Gasteiger partial charge in [-0.15, -0.1) is 0 Å². The largest absolute Gasteiger partial charge is 0.492 e. The summed E-state index contributed by atoms with van der Waals surface area (Å²) in [6.07, 6.45) is 3.54. The third-order valence-corrected chi connectivity index (χ3v) is 5.26. The number of amidine groups is 1. The first-order valence-corrected chi connectivity index (χ1v) is 10.2. The molecule has 2 heterocycles. The molecule has 7 heteroatoms. The van der Waals surface area contributed by atoms with Gasteiger partial charge >= 0.3 is 0 Å². The van der Waals surface area contributed by atoms with Crippen molar-refractivity contribution in [2.45, 2.75) is 19.8 Å². The smallest absolute Gasteiger partial charge is 0.279 e. The number of rotatable bonds is 6. The quantitative estimate of drug-likeness (QED) is 0.429. The molecule has 2 aromatic carbocycles. The number of aromatic nitrogens is 1. The zero-order valence-corrected chi connectivity index (χ0v) is 18.0. The highest BCUT2D eigenvalue weighted by Gasteiger charge is 2.29. The first-order chi connectivity index (χ1) is 15.4. The summed E-state index contributed by atoms with van der Waals surface area (Å²) in [7, 11) is 0. The summed E-state index contributed by atoms with van der Waals surface area (Å²) >= 11 is 0. The number of ether oxygens (including phenoxy) is 3. The van der Waals surface area contributed by atoms with Gasteiger partial charge in [0.25, 0.3) is 6.02 Å². The van der Waals surface area contributed by atoms with Gasteiger partial charge in [0.15, 0.2) is 0 Å². The fourth-order valence-corrected chi connectivity index (χ4v) is 3.54. The van der Waals surface area contributed by atoms with Crippen LogP contribution in [0.1, 0.15) is 30.9 Å². The second kappa shape index (κ2) is 8.60. The summed E-state index contributed by atoms with van der Waals surface area (Å²) in [5.74, 6) is 1.83. The van der Waals surface area contributed by atoms with E-state index in [0.717, 1.165) is 28.0 Å². The van der Waals surface area contributed by atoms with Crippen molar-refractivity contribution >= 4 is 6.02 Å². The van der Waals surface area contributed by atoms with Crippen LogP contribution in [0, 0.1) is 22.2 Å². The normalized spacial score (nSPS) is 14.3. The maximum atomic E-state index is 9.25. The molecule has 0 amide bonds. The van der Waals surface area contributed by atoms with Crippen LogP contribution in [0.5, 0.6) is 17.2 Å². The van der Waals surface area contributed by atoms with E-state index in [1.807, 2.05) is 62.5 Å². The van der Waals surface area contributed by atoms with Crippen LogP contribution in [-0.2, 0) is 4.74 Å². The molecule has 0 aliphatic carbocycles. The zero-order valence-electron chi connectivity index (χ0n) is 18.0. The Hall–Kier alpha value is -4.05. The zero-order chi connectivity index (χ0) is 22.7. The van der Waals surface area contributed by atoms with Gasteiger partial charge in [-0.25, -0.2) is 0 Å². The summed E-state index contributed by atoms with van der Waals surface area (Å²) in [5, 5.41) is 16.8. The number of nitrogens with one attached hydrogen (secondary N) is 1. The van der Waals surface area contributed by atoms with Crippen LogP contribution in [-0.4, -0.2) is 24.2 Å². The van der Waals surface area contributed by atoms with Crippen molar-refractivity contribution in [2.24, 2.45) is 11.1 Å². The van der Waals surface area contributed by atoms with E-state index in [0.29, 0.717) is 11.5 Å². The fourth-order valence-electron chi connectivity index (χ4n) is 3.54. The first kappa shape index (κ1) is 21.2. The minimum Gasteiger partial charge on any atom is -0.492 e. The van der Waals surface area contributed by atoms with Crippen LogP contribution in [0.15, 0.2) is 60.9 Å². The Labute approximate surface area is 186 Å². The third kappa shape index (κ3) is 4.49. The Kier molecular flexibility index (Phi) is 5.69. The van der Waals surface area contributed by atoms with E-state index in [9.17, 15) is 5.26 Å². The summed E-state index contributed by atoms with van der Waals surface area (Å²) in [6, 6.07) is 17.3. The van der Waals surface area contributed by atoms with Crippen LogP contribution in [0.2, 0.25) is 0 Å². The Morgan fingerprint density at radius 2 is 1.91 bits per heavy atom. The molecule has 7 nitrogen and oxygen atoms in total. The number of hydrogen-bond donors (Lipinski definition) is 2. The van der Waals surface area contributed by atoms with Crippen LogP contribution >= 0.6 is 0 Å². The molecule has 32 heavy (non-hydrogen) atoms. The second-order valence-corrected chi connectivity index (χ2v) is 8.31. The molecule has 162 valence electrons. The SMILES string of the molecule is CC(C)(C#N)COc1ccc2c(c1)[C@H](COC(=N)N)c1cc(-c3cccnc3)ccc1O2. The number of nitriles is 1. The molecule has 0 fully saturated rings. The van der Waals surface area contributed by atoms with E-state index in [2.05, 4.69) is 17.1 Å². The summed E-state index contributed by atoms with van der Waals surface area (Å²) in [5.41, 5.74) is 8.66. The lowest BCUT2D eigenvalue weighted by molar-refractivity contribution is 0.226. The average Bonchev–Trinajstić information content (AvgIpc) is 2.80. The lowest BCUT2D eigenvalue weighted by atomic mass is 9.86. The van der Waals surface area contributed by atoms with Gasteiger partial charge in [-0.3, -0.25) is 10.4 Å². The van der Waals surface area contributed by atoms with Crippen molar-refractivity contribution in [3.05, 3.63) is 72.1 Å². The molecular formula is C25H24N4O3. The molecule has 0 radical (unpaired) electrons. The summed E-state index contributed by atoms with van der Waals surface area (Å²) in [4.78, 5) is 4.21. The molecule has 0 bridgehead atoms. The average molecular weight is 428 g/mol. The molecular weight excluding hydrogens is 404 g/mol. The van der Waals surface area contributed by atoms with Crippen molar-refractivity contribution in [3.63, 3.8) is 0 Å². The van der Waals surface area contributed by atoms with Gasteiger partial charge in [0, 0.05) is 29.1 Å². The first-order valence-electron chi connectivity index (χ1n) is 10.2. The highest BCUT2D eigenvalue weighted by atomic mass is 16.5. The Balaban J connectivity index is 1.72. The molecule has 0 saturated heterocycles. The van der Waals surface area contributed by atoms with Crippen molar-refractivity contribution in [2.75, 3.05) is 13.2 Å². The number of nitrogens with two attached hydrogens (primary N) is 1. The van der Waals surface area contributed by atoms with E-state index in [1.54, 1.807) is 6.20 Å². The van der Waals surface area contributed by atoms with Gasteiger partial charge in [0.2, 0.25) is 0 Å². The summed E-state index contributed by atoms with van der Waals surface area (Å²) in [6.45, 7) is 4.10. The molecule has 3 aromatic rings. The number of fused-ring (bicyclic) bond motifs is 2. The number of pyridine rings is 1. The van der Waals surface area contributed by atoms with Crippen LogP contribution < -0.4 is 15.2 Å². The van der Waals surface area contributed by atoms with Gasteiger partial charge < -0.3 is 19.9 Å². The van der Waals surface area contributed by atoms with E-state index in [-0.39, 0.29) is 25.2 Å². The minimum absolute atomic E-state index is 0.183. The highest BCUT2D eigenvalue weighted by Crippen LogP contribution is 2.46. The van der Waals surface area contributed by atoms with Crippen molar-refractivity contribution < 1.29 is 14.2 Å². The molecule has 0 saturated carbocycles. The Morgan fingerprint density at radius 3 is 2.59 bits per heavy atom. The van der Waals surface area contributed by atoms with Gasteiger partial charge in [-0.05, 0) is 55.8 Å². The molecule has 3 N–H and O–H groups in total. The molecule has 1 aromatic heterocycles. The standard InChI is InChI=1S/C25H24N4O3/c1-25(2,14-26)15-31-18-6-8-23-20(11-18)21(13-30-24(27)28)19-10-16(5-7-22(19)32-23)17-4-3-9-29-12-17/h3-12,21H,13,15H2,1-2H3,(H3,27,28)/t21-/m1/s1. The van der Waals surface area contributed by atoms with Gasteiger partial charge in [0.1, 0.15) is 30.5 Å². The van der Waals surface area contributed by atoms with Crippen molar-refractivity contribution in [1.29, 1.82) is 10.7 Å². The Morgan fingerprint density at radius 1 is 1.16 bits per heavy atom.